The Bertz CT molecular complexity index is 550. The maximum atomic E-state index is 13.0. The molecule has 1 aromatic rings. The lowest BCUT2D eigenvalue weighted by Crippen LogP contribution is -2.45. The molecule has 1 aliphatic rings. The summed E-state index contributed by atoms with van der Waals surface area (Å²) in [5.74, 6) is -1.64. The first-order chi connectivity index (χ1) is 9.97. The minimum absolute atomic E-state index is 0.0359. The van der Waals surface area contributed by atoms with Crippen LogP contribution in [0.4, 0.5) is 10.1 Å². The van der Waals surface area contributed by atoms with Crippen LogP contribution in [0.15, 0.2) is 18.2 Å². The smallest absolute Gasteiger partial charge is 0.313 e. The predicted octanol–water partition coefficient (Wildman–Crippen LogP) is 3.11. The number of carbonyl (C=O) groups is 2. The molecule has 0 radical (unpaired) electrons. The largest absolute Gasteiger partial charge is 0.345 e. The number of halogens is 2. The summed E-state index contributed by atoms with van der Waals surface area (Å²) >= 11 is 5.62. The Labute approximate surface area is 128 Å². The molecule has 2 N–H and O–H groups in total. The van der Waals surface area contributed by atoms with E-state index in [0.717, 1.165) is 31.7 Å². The topological polar surface area (TPSA) is 58.2 Å². The first kappa shape index (κ1) is 15.8. The number of amides is 2. The molecule has 114 valence electrons. The van der Waals surface area contributed by atoms with Crippen molar-refractivity contribution in [3.8, 4) is 0 Å². The van der Waals surface area contributed by atoms with Crippen molar-refractivity contribution < 1.29 is 14.0 Å². The molecule has 6 heteroatoms. The molecule has 0 aliphatic heterocycles. The number of hydrogen-bond acceptors (Lipinski definition) is 2. The second kappa shape index (κ2) is 6.89. The van der Waals surface area contributed by atoms with E-state index in [1.165, 1.54) is 12.1 Å². The number of nitrogens with one attached hydrogen (secondary N) is 2. The van der Waals surface area contributed by atoms with Crippen molar-refractivity contribution in [2.75, 3.05) is 5.32 Å². The van der Waals surface area contributed by atoms with Crippen molar-refractivity contribution in [2.24, 2.45) is 5.92 Å². The van der Waals surface area contributed by atoms with Crippen molar-refractivity contribution in [3.05, 3.63) is 29.0 Å². The van der Waals surface area contributed by atoms with Crippen LogP contribution in [0.1, 0.15) is 32.6 Å². The van der Waals surface area contributed by atoms with E-state index in [-0.39, 0.29) is 11.1 Å². The quantitative estimate of drug-likeness (QED) is 0.824. The van der Waals surface area contributed by atoms with Gasteiger partial charge in [-0.1, -0.05) is 31.4 Å². The van der Waals surface area contributed by atoms with Gasteiger partial charge < -0.3 is 10.6 Å². The van der Waals surface area contributed by atoms with Crippen LogP contribution in [-0.4, -0.2) is 17.9 Å². The standard InChI is InChI=1S/C15H18ClFN2O2/c1-9-4-2-3-5-13(9)19-15(21)14(20)18-10-6-7-12(17)11(16)8-10/h6-9,13H,2-5H2,1H3,(H,18,20)(H,19,21)/t9-,13-/m1/s1. The van der Waals surface area contributed by atoms with Crippen molar-refractivity contribution in [1.82, 2.24) is 5.32 Å². The molecule has 1 saturated carbocycles. The summed E-state index contributed by atoms with van der Waals surface area (Å²) in [6, 6.07) is 3.80. The number of hydrogen-bond donors (Lipinski definition) is 2. The highest BCUT2D eigenvalue weighted by Crippen LogP contribution is 2.23. The van der Waals surface area contributed by atoms with Crippen LogP contribution in [-0.2, 0) is 9.59 Å². The summed E-state index contributed by atoms with van der Waals surface area (Å²) in [4.78, 5) is 23.7. The van der Waals surface area contributed by atoms with Crippen molar-refractivity contribution >= 4 is 29.1 Å². The van der Waals surface area contributed by atoms with E-state index in [4.69, 9.17) is 11.6 Å². The lowest BCUT2D eigenvalue weighted by atomic mass is 9.86. The molecule has 21 heavy (non-hydrogen) atoms. The molecule has 1 aliphatic carbocycles. The number of carbonyl (C=O) groups excluding carboxylic acids is 2. The average Bonchev–Trinajstić information content (AvgIpc) is 2.45. The normalized spacial score (nSPS) is 21.7. The molecule has 0 heterocycles. The maximum absolute atomic E-state index is 13.0. The molecule has 2 amide bonds. The summed E-state index contributed by atoms with van der Waals surface area (Å²) in [7, 11) is 0. The molecule has 4 nitrogen and oxygen atoms in total. The van der Waals surface area contributed by atoms with E-state index in [1.54, 1.807) is 0 Å². The second-order valence-electron chi connectivity index (χ2n) is 5.42. The number of anilines is 1. The Kier molecular flexibility index (Phi) is 5.17. The molecule has 0 spiro atoms. The lowest BCUT2D eigenvalue weighted by molar-refractivity contribution is -0.137. The van der Waals surface area contributed by atoms with Gasteiger partial charge in [0.1, 0.15) is 5.82 Å². The SMILES string of the molecule is C[C@@H]1CCCC[C@H]1NC(=O)C(=O)Nc1ccc(F)c(Cl)c1. The minimum Gasteiger partial charge on any atom is -0.345 e. The average molecular weight is 313 g/mol. The van der Waals surface area contributed by atoms with Gasteiger partial charge in [0.25, 0.3) is 0 Å². The fourth-order valence-electron chi connectivity index (χ4n) is 2.53. The van der Waals surface area contributed by atoms with Crippen LogP contribution >= 0.6 is 11.6 Å². The predicted molar refractivity (Wildman–Crippen MR) is 79.6 cm³/mol. The number of benzene rings is 1. The van der Waals surface area contributed by atoms with E-state index >= 15 is 0 Å². The van der Waals surface area contributed by atoms with Gasteiger partial charge in [-0.15, -0.1) is 0 Å². The fraction of sp³-hybridized carbons (Fsp3) is 0.467. The first-order valence-corrected chi connectivity index (χ1v) is 7.42. The van der Waals surface area contributed by atoms with Crippen LogP contribution in [0.5, 0.6) is 0 Å². The zero-order chi connectivity index (χ0) is 15.4. The molecule has 1 fully saturated rings. The van der Waals surface area contributed by atoms with E-state index in [1.807, 2.05) is 0 Å². The minimum atomic E-state index is -0.768. The van der Waals surface area contributed by atoms with E-state index < -0.39 is 17.6 Å². The number of rotatable bonds is 2. The Hall–Kier alpha value is -1.62. The molecule has 2 atom stereocenters. The summed E-state index contributed by atoms with van der Waals surface area (Å²) < 4.78 is 13.0. The van der Waals surface area contributed by atoms with Gasteiger partial charge in [0.05, 0.1) is 5.02 Å². The van der Waals surface area contributed by atoms with Gasteiger partial charge in [-0.25, -0.2) is 4.39 Å². The van der Waals surface area contributed by atoms with Gasteiger partial charge >= 0.3 is 11.8 Å². The molecular formula is C15H18ClFN2O2. The van der Waals surface area contributed by atoms with Gasteiger partial charge in [0.2, 0.25) is 0 Å². The fourth-order valence-corrected chi connectivity index (χ4v) is 2.71. The second-order valence-corrected chi connectivity index (χ2v) is 5.83. The Balaban J connectivity index is 1.93. The first-order valence-electron chi connectivity index (χ1n) is 7.04. The van der Waals surface area contributed by atoms with Gasteiger partial charge in [-0.3, -0.25) is 9.59 Å². The van der Waals surface area contributed by atoms with E-state index in [2.05, 4.69) is 17.6 Å². The summed E-state index contributed by atoms with van der Waals surface area (Å²) in [5, 5.41) is 5.07. The Morgan fingerprint density at radius 2 is 1.95 bits per heavy atom. The van der Waals surface area contributed by atoms with Gasteiger partial charge in [0.15, 0.2) is 0 Å². The lowest BCUT2D eigenvalue weighted by Gasteiger charge is -2.29. The van der Waals surface area contributed by atoms with Crippen LogP contribution in [0.25, 0.3) is 0 Å². The maximum Gasteiger partial charge on any atom is 0.313 e. The van der Waals surface area contributed by atoms with Gasteiger partial charge in [0, 0.05) is 11.7 Å². The molecule has 2 rings (SSSR count). The Morgan fingerprint density at radius 3 is 2.62 bits per heavy atom. The molecule has 1 aromatic carbocycles. The van der Waals surface area contributed by atoms with Gasteiger partial charge in [-0.05, 0) is 37.0 Å². The van der Waals surface area contributed by atoms with Crippen molar-refractivity contribution in [1.29, 1.82) is 0 Å². The third-order valence-electron chi connectivity index (χ3n) is 3.81. The van der Waals surface area contributed by atoms with E-state index in [0.29, 0.717) is 11.6 Å². The van der Waals surface area contributed by atoms with Crippen molar-refractivity contribution in [2.45, 2.75) is 38.6 Å². The highest BCUT2D eigenvalue weighted by Gasteiger charge is 2.25. The Morgan fingerprint density at radius 1 is 1.24 bits per heavy atom. The van der Waals surface area contributed by atoms with Crippen LogP contribution < -0.4 is 10.6 Å². The third kappa shape index (κ3) is 4.17. The van der Waals surface area contributed by atoms with E-state index in [9.17, 15) is 14.0 Å². The summed E-state index contributed by atoms with van der Waals surface area (Å²) in [6.45, 7) is 2.07. The molecular weight excluding hydrogens is 295 g/mol. The van der Waals surface area contributed by atoms with Crippen LogP contribution in [0.2, 0.25) is 5.02 Å². The van der Waals surface area contributed by atoms with Crippen LogP contribution in [0.3, 0.4) is 0 Å². The van der Waals surface area contributed by atoms with Crippen molar-refractivity contribution in [3.63, 3.8) is 0 Å². The third-order valence-corrected chi connectivity index (χ3v) is 4.10. The molecule has 0 saturated heterocycles. The summed E-state index contributed by atoms with van der Waals surface area (Å²) in [5.41, 5.74) is 0.290. The summed E-state index contributed by atoms with van der Waals surface area (Å²) in [6.07, 6.45) is 4.17. The van der Waals surface area contributed by atoms with Gasteiger partial charge in [-0.2, -0.15) is 0 Å². The van der Waals surface area contributed by atoms with Crippen LogP contribution in [0, 0.1) is 11.7 Å². The zero-order valence-electron chi connectivity index (χ0n) is 11.8. The molecule has 0 unspecified atom stereocenters. The molecule has 0 aromatic heterocycles. The zero-order valence-corrected chi connectivity index (χ0v) is 12.5. The highest BCUT2D eigenvalue weighted by molar-refractivity contribution is 6.40. The highest BCUT2D eigenvalue weighted by atomic mass is 35.5. The molecule has 0 bridgehead atoms. The monoisotopic (exact) mass is 312 g/mol.